The minimum Gasteiger partial charge on any atom is -0.497 e. The molecule has 28 heavy (non-hydrogen) atoms. The van der Waals surface area contributed by atoms with Gasteiger partial charge in [-0.25, -0.2) is 4.39 Å². The molecule has 1 unspecified atom stereocenters. The van der Waals surface area contributed by atoms with Crippen molar-refractivity contribution in [1.82, 2.24) is 9.97 Å². The number of rotatable bonds is 4. The number of halogens is 1. The Labute approximate surface area is 159 Å². The summed E-state index contributed by atoms with van der Waals surface area (Å²) < 4.78 is 18.2. The molecule has 1 amide bonds. The standard InChI is InChI=1S/C20H17FN4O3/c1-28-14-8-6-13(7-9-14)22-20-24-17-16(19(27)25-20)10-15(18(26)23-17)11-2-4-12(21)5-3-11/h2-9,15H,10H2,1H3,(H3,22,23,24,25,26,27). The van der Waals surface area contributed by atoms with Gasteiger partial charge in [-0.3, -0.25) is 14.6 Å². The molecule has 3 aromatic rings. The van der Waals surface area contributed by atoms with Gasteiger partial charge in [0.15, 0.2) is 0 Å². The third kappa shape index (κ3) is 3.44. The van der Waals surface area contributed by atoms with E-state index in [9.17, 15) is 14.0 Å². The zero-order valence-electron chi connectivity index (χ0n) is 15.0. The fourth-order valence-electron chi connectivity index (χ4n) is 3.13. The Kier molecular flexibility index (Phi) is 4.52. The highest BCUT2D eigenvalue weighted by molar-refractivity contribution is 5.98. The molecule has 1 aliphatic heterocycles. The van der Waals surface area contributed by atoms with Crippen LogP contribution in [0.2, 0.25) is 0 Å². The summed E-state index contributed by atoms with van der Waals surface area (Å²) in [5.41, 5.74) is 1.39. The molecule has 142 valence electrons. The Hall–Kier alpha value is -3.68. The predicted octanol–water partition coefficient (Wildman–Crippen LogP) is 2.94. The van der Waals surface area contributed by atoms with Crippen molar-refractivity contribution in [2.24, 2.45) is 0 Å². The molecule has 1 aromatic heterocycles. The molecule has 0 saturated carbocycles. The van der Waals surface area contributed by atoms with E-state index in [4.69, 9.17) is 4.74 Å². The number of carbonyl (C=O) groups excluding carboxylic acids is 1. The average molecular weight is 380 g/mol. The van der Waals surface area contributed by atoms with Gasteiger partial charge in [0.2, 0.25) is 11.9 Å². The summed E-state index contributed by atoms with van der Waals surface area (Å²) in [4.78, 5) is 32.1. The maximum atomic E-state index is 13.1. The first kappa shape index (κ1) is 17.7. The van der Waals surface area contributed by atoms with Gasteiger partial charge in [0.25, 0.3) is 5.56 Å². The van der Waals surface area contributed by atoms with Crippen molar-refractivity contribution in [2.75, 3.05) is 17.7 Å². The summed E-state index contributed by atoms with van der Waals surface area (Å²) in [6.45, 7) is 0. The predicted molar refractivity (Wildman–Crippen MR) is 103 cm³/mol. The van der Waals surface area contributed by atoms with Crippen molar-refractivity contribution in [3.05, 3.63) is 75.8 Å². The summed E-state index contributed by atoms with van der Waals surface area (Å²) >= 11 is 0. The summed E-state index contributed by atoms with van der Waals surface area (Å²) in [7, 11) is 1.58. The summed E-state index contributed by atoms with van der Waals surface area (Å²) in [5.74, 6) is -0.0905. The lowest BCUT2D eigenvalue weighted by Crippen LogP contribution is -2.33. The van der Waals surface area contributed by atoms with Crippen LogP contribution in [0.5, 0.6) is 5.75 Å². The molecule has 1 aliphatic rings. The number of amides is 1. The van der Waals surface area contributed by atoms with E-state index < -0.39 is 5.92 Å². The van der Waals surface area contributed by atoms with Gasteiger partial charge in [0.1, 0.15) is 17.4 Å². The number of carbonyl (C=O) groups is 1. The van der Waals surface area contributed by atoms with Crippen LogP contribution in [0.1, 0.15) is 17.0 Å². The number of ether oxygens (including phenoxy) is 1. The van der Waals surface area contributed by atoms with Crippen LogP contribution in [0.15, 0.2) is 53.3 Å². The first-order chi connectivity index (χ1) is 13.5. The molecule has 4 rings (SSSR count). The van der Waals surface area contributed by atoms with E-state index in [1.54, 1.807) is 43.5 Å². The molecule has 0 radical (unpaired) electrons. The number of aromatic amines is 1. The number of hydrogen-bond acceptors (Lipinski definition) is 5. The fourth-order valence-corrected chi connectivity index (χ4v) is 3.13. The molecule has 0 saturated heterocycles. The van der Waals surface area contributed by atoms with E-state index in [1.165, 1.54) is 12.1 Å². The second-order valence-corrected chi connectivity index (χ2v) is 6.39. The smallest absolute Gasteiger partial charge is 0.257 e. The van der Waals surface area contributed by atoms with Crippen molar-refractivity contribution in [1.29, 1.82) is 0 Å². The molecule has 1 atom stereocenters. The van der Waals surface area contributed by atoms with E-state index in [2.05, 4.69) is 20.6 Å². The van der Waals surface area contributed by atoms with Crippen molar-refractivity contribution in [3.8, 4) is 5.75 Å². The molecule has 0 fully saturated rings. The fraction of sp³-hybridized carbons (Fsp3) is 0.150. The maximum absolute atomic E-state index is 13.1. The third-order valence-corrected chi connectivity index (χ3v) is 4.61. The van der Waals surface area contributed by atoms with Gasteiger partial charge in [-0.2, -0.15) is 4.98 Å². The van der Waals surface area contributed by atoms with Gasteiger partial charge in [0, 0.05) is 5.69 Å². The molecule has 3 N–H and O–H groups in total. The maximum Gasteiger partial charge on any atom is 0.257 e. The van der Waals surface area contributed by atoms with Crippen LogP contribution in [0.4, 0.5) is 21.8 Å². The number of aromatic nitrogens is 2. The van der Waals surface area contributed by atoms with Gasteiger partial charge in [-0.15, -0.1) is 0 Å². The lowest BCUT2D eigenvalue weighted by molar-refractivity contribution is -0.117. The first-order valence-corrected chi connectivity index (χ1v) is 8.64. The highest BCUT2D eigenvalue weighted by Crippen LogP contribution is 2.29. The number of H-pyrrole nitrogens is 1. The van der Waals surface area contributed by atoms with Crippen LogP contribution in [0.25, 0.3) is 0 Å². The zero-order chi connectivity index (χ0) is 19.7. The molecular weight excluding hydrogens is 363 g/mol. The van der Waals surface area contributed by atoms with Crippen LogP contribution >= 0.6 is 0 Å². The van der Waals surface area contributed by atoms with E-state index in [-0.39, 0.29) is 35.5 Å². The number of nitrogens with zero attached hydrogens (tertiary/aromatic N) is 1. The quantitative estimate of drug-likeness (QED) is 0.647. The van der Waals surface area contributed by atoms with Crippen molar-refractivity contribution in [2.45, 2.75) is 12.3 Å². The molecule has 7 nitrogen and oxygen atoms in total. The SMILES string of the molecule is COc1ccc(Nc2nc3c(c(=O)[nH]2)CC(c2ccc(F)cc2)C(=O)N3)cc1. The molecule has 0 aliphatic carbocycles. The second-order valence-electron chi connectivity index (χ2n) is 6.39. The number of hydrogen-bond donors (Lipinski definition) is 3. The number of methoxy groups -OCH3 is 1. The van der Waals surface area contributed by atoms with E-state index >= 15 is 0 Å². The zero-order valence-corrected chi connectivity index (χ0v) is 15.0. The lowest BCUT2D eigenvalue weighted by Gasteiger charge is -2.24. The molecular formula is C20H17FN4O3. The van der Waals surface area contributed by atoms with E-state index in [1.807, 2.05) is 0 Å². The van der Waals surface area contributed by atoms with Crippen LogP contribution in [-0.2, 0) is 11.2 Å². The molecule has 2 aromatic carbocycles. The largest absolute Gasteiger partial charge is 0.497 e. The van der Waals surface area contributed by atoms with Crippen molar-refractivity contribution in [3.63, 3.8) is 0 Å². The third-order valence-electron chi connectivity index (χ3n) is 4.61. The molecule has 2 heterocycles. The first-order valence-electron chi connectivity index (χ1n) is 8.64. The van der Waals surface area contributed by atoms with Crippen LogP contribution < -0.4 is 20.9 Å². The second kappa shape index (κ2) is 7.15. The number of fused-ring (bicyclic) bond motifs is 1. The average Bonchev–Trinajstić information content (AvgIpc) is 2.69. The van der Waals surface area contributed by atoms with Crippen molar-refractivity contribution >= 4 is 23.4 Å². The number of benzene rings is 2. The van der Waals surface area contributed by atoms with Crippen LogP contribution in [-0.4, -0.2) is 23.0 Å². The Balaban J connectivity index is 1.60. The summed E-state index contributed by atoms with van der Waals surface area (Å²) in [5, 5.41) is 5.68. The van der Waals surface area contributed by atoms with Gasteiger partial charge < -0.3 is 15.4 Å². The van der Waals surface area contributed by atoms with Gasteiger partial charge in [-0.1, -0.05) is 12.1 Å². The highest BCUT2D eigenvalue weighted by Gasteiger charge is 2.30. The molecule has 0 spiro atoms. The summed E-state index contributed by atoms with van der Waals surface area (Å²) in [6.07, 6.45) is 0.192. The number of nitrogens with one attached hydrogen (secondary N) is 3. The van der Waals surface area contributed by atoms with E-state index in [0.717, 1.165) is 0 Å². The van der Waals surface area contributed by atoms with Gasteiger partial charge in [-0.05, 0) is 48.4 Å². The van der Waals surface area contributed by atoms with E-state index in [0.29, 0.717) is 22.6 Å². The Morgan fingerprint density at radius 3 is 2.50 bits per heavy atom. The monoisotopic (exact) mass is 380 g/mol. The normalized spacial score (nSPS) is 15.5. The Morgan fingerprint density at radius 2 is 1.82 bits per heavy atom. The topological polar surface area (TPSA) is 96.1 Å². The highest BCUT2D eigenvalue weighted by atomic mass is 19.1. The van der Waals surface area contributed by atoms with Crippen LogP contribution in [0, 0.1) is 5.82 Å². The van der Waals surface area contributed by atoms with Crippen LogP contribution in [0.3, 0.4) is 0 Å². The van der Waals surface area contributed by atoms with Gasteiger partial charge >= 0.3 is 0 Å². The summed E-state index contributed by atoms with van der Waals surface area (Å²) in [6, 6.07) is 12.8. The molecule has 0 bridgehead atoms. The van der Waals surface area contributed by atoms with Crippen molar-refractivity contribution < 1.29 is 13.9 Å². The Morgan fingerprint density at radius 1 is 1.11 bits per heavy atom. The lowest BCUT2D eigenvalue weighted by atomic mass is 9.89. The van der Waals surface area contributed by atoms with Gasteiger partial charge in [0.05, 0.1) is 18.6 Å². The number of anilines is 3. The minimum absolute atomic E-state index is 0.192. The minimum atomic E-state index is -0.573. The molecule has 8 heteroatoms. The Bertz CT molecular complexity index is 1080.